The van der Waals surface area contributed by atoms with Gasteiger partial charge in [0.15, 0.2) is 5.82 Å². The van der Waals surface area contributed by atoms with Gasteiger partial charge in [-0.1, -0.05) is 0 Å². The lowest BCUT2D eigenvalue weighted by Gasteiger charge is -2.12. The van der Waals surface area contributed by atoms with Crippen LogP contribution in [0.1, 0.15) is 5.82 Å². The Morgan fingerprint density at radius 2 is 2.15 bits per heavy atom. The van der Waals surface area contributed by atoms with Gasteiger partial charge in [0.2, 0.25) is 0 Å². The van der Waals surface area contributed by atoms with Gasteiger partial charge in [-0.3, -0.25) is 0 Å². The van der Waals surface area contributed by atoms with Crippen molar-refractivity contribution in [2.45, 2.75) is 6.92 Å². The van der Waals surface area contributed by atoms with Crippen LogP contribution in [-0.2, 0) is 0 Å². The van der Waals surface area contributed by atoms with E-state index in [1.807, 2.05) is 48.8 Å². The summed E-state index contributed by atoms with van der Waals surface area (Å²) in [5.74, 6) is 1.74. The van der Waals surface area contributed by atoms with Crippen LogP contribution >= 0.6 is 0 Å². The molecule has 0 saturated carbocycles. The lowest BCUT2D eigenvalue weighted by Crippen LogP contribution is -2.13. The molecular weight excluding hydrogens is 164 g/mol. The summed E-state index contributed by atoms with van der Waals surface area (Å²) in [6.07, 6.45) is 1.93. The Balaban J connectivity index is 2.77. The second-order valence-electron chi connectivity index (χ2n) is 3.22. The molecule has 13 heavy (non-hydrogen) atoms. The summed E-state index contributed by atoms with van der Waals surface area (Å²) in [6, 6.07) is 3.98. The Morgan fingerprint density at radius 3 is 2.85 bits per heavy atom. The van der Waals surface area contributed by atoms with Gasteiger partial charge in [-0.05, 0) is 19.1 Å². The molecule has 2 aromatic rings. The van der Waals surface area contributed by atoms with E-state index in [-0.39, 0.29) is 0 Å². The zero-order valence-electron chi connectivity index (χ0n) is 8.02. The molecule has 4 nitrogen and oxygen atoms in total. The minimum absolute atomic E-state index is 0.785. The molecule has 0 saturated heterocycles. The summed E-state index contributed by atoms with van der Waals surface area (Å²) in [5, 5.41) is 4.26. The van der Waals surface area contributed by atoms with Gasteiger partial charge in [0.25, 0.3) is 0 Å². The molecule has 0 fully saturated rings. The van der Waals surface area contributed by atoms with E-state index in [0.717, 1.165) is 17.2 Å². The summed E-state index contributed by atoms with van der Waals surface area (Å²) in [7, 11) is 3.96. The van der Waals surface area contributed by atoms with Crippen molar-refractivity contribution in [3.8, 4) is 0 Å². The Labute approximate surface area is 76.8 Å². The highest BCUT2D eigenvalue weighted by atomic mass is 15.3. The van der Waals surface area contributed by atoms with Crippen LogP contribution in [-0.4, -0.2) is 28.7 Å². The first kappa shape index (κ1) is 8.04. The van der Waals surface area contributed by atoms with Crippen LogP contribution in [0, 0.1) is 6.92 Å². The van der Waals surface area contributed by atoms with E-state index in [2.05, 4.69) is 10.1 Å². The SMILES string of the molecule is Cc1nc(N(C)C)c2cccn2n1. The number of rotatable bonds is 1. The second-order valence-corrected chi connectivity index (χ2v) is 3.22. The molecule has 0 bridgehead atoms. The van der Waals surface area contributed by atoms with Crippen molar-refractivity contribution >= 4 is 11.3 Å². The van der Waals surface area contributed by atoms with Crippen LogP contribution in [0.3, 0.4) is 0 Å². The molecule has 2 heterocycles. The van der Waals surface area contributed by atoms with Crippen molar-refractivity contribution in [3.05, 3.63) is 24.2 Å². The van der Waals surface area contributed by atoms with Gasteiger partial charge in [-0.25, -0.2) is 9.50 Å². The average Bonchev–Trinajstić information content (AvgIpc) is 2.49. The largest absolute Gasteiger partial charge is 0.361 e. The number of hydrogen-bond acceptors (Lipinski definition) is 3. The van der Waals surface area contributed by atoms with Crippen molar-refractivity contribution in [2.24, 2.45) is 0 Å². The van der Waals surface area contributed by atoms with Crippen LogP contribution in [0.2, 0.25) is 0 Å². The molecular formula is C9H12N4. The van der Waals surface area contributed by atoms with Gasteiger partial charge in [0.05, 0.1) is 0 Å². The average molecular weight is 176 g/mol. The smallest absolute Gasteiger partial charge is 0.156 e. The van der Waals surface area contributed by atoms with Gasteiger partial charge < -0.3 is 4.90 Å². The Bertz CT molecular complexity index is 430. The Morgan fingerprint density at radius 1 is 1.38 bits per heavy atom. The Kier molecular flexibility index (Phi) is 1.69. The number of aromatic nitrogens is 3. The summed E-state index contributed by atoms with van der Waals surface area (Å²) < 4.78 is 1.84. The molecule has 68 valence electrons. The fourth-order valence-electron chi connectivity index (χ4n) is 1.35. The van der Waals surface area contributed by atoms with Crippen molar-refractivity contribution in [1.82, 2.24) is 14.6 Å². The van der Waals surface area contributed by atoms with Crippen LogP contribution in [0.25, 0.3) is 5.52 Å². The maximum Gasteiger partial charge on any atom is 0.156 e. The molecule has 0 N–H and O–H groups in total. The normalized spacial score (nSPS) is 10.7. The van der Waals surface area contributed by atoms with Crippen LogP contribution in [0.4, 0.5) is 5.82 Å². The molecule has 2 rings (SSSR count). The van der Waals surface area contributed by atoms with E-state index in [1.54, 1.807) is 0 Å². The number of hydrogen-bond donors (Lipinski definition) is 0. The van der Waals surface area contributed by atoms with E-state index >= 15 is 0 Å². The highest BCUT2D eigenvalue weighted by Crippen LogP contribution is 2.15. The lowest BCUT2D eigenvalue weighted by molar-refractivity contribution is 0.845. The summed E-state index contributed by atoms with van der Waals surface area (Å²) in [6.45, 7) is 1.90. The summed E-state index contributed by atoms with van der Waals surface area (Å²) >= 11 is 0. The van der Waals surface area contributed by atoms with Crippen LogP contribution in [0.15, 0.2) is 18.3 Å². The van der Waals surface area contributed by atoms with Crippen LogP contribution < -0.4 is 4.90 Å². The fourth-order valence-corrected chi connectivity index (χ4v) is 1.35. The fraction of sp³-hybridized carbons (Fsp3) is 0.333. The number of fused-ring (bicyclic) bond motifs is 1. The second kappa shape index (κ2) is 2.73. The zero-order valence-corrected chi connectivity index (χ0v) is 8.02. The third kappa shape index (κ3) is 1.24. The molecule has 0 unspecified atom stereocenters. The minimum Gasteiger partial charge on any atom is -0.361 e. The maximum absolute atomic E-state index is 4.37. The third-order valence-electron chi connectivity index (χ3n) is 1.90. The number of aryl methyl sites for hydroxylation is 1. The number of nitrogens with zero attached hydrogens (tertiary/aromatic N) is 4. The molecule has 0 aliphatic carbocycles. The van der Waals surface area contributed by atoms with Crippen molar-refractivity contribution < 1.29 is 0 Å². The summed E-state index contributed by atoms with van der Waals surface area (Å²) in [5.41, 5.74) is 1.04. The molecule has 0 atom stereocenters. The monoisotopic (exact) mass is 176 g/mol. The Hall–Kier alpha value is -1.58. The van der Waals surface area contributed by atoms with Gasteiger partial charge in [0, 0.05) is 20.3 Å². The number of anilines is 1. The molecule has 2 aromatic heterocycles. The molecule has 4 heteroatoms. The standard InChI is InChI=1S/C9H12N4/c1-7-10-9(12(2)3)8-5-4-6-13(8)11-7/h4-6H,1-3H3. The van der Waals surface area contributed by atoms with Crippen molar-refractivity contribution in [2.75, 3.05) is 19.0 Å². The first-order valence-electron chi connectivity index (χ1n) is 4.18. The van der Waals surface area contributed by atoms with E-state index in [0.29, 0.717) is 0 Å². The predicted octanol–water partition coefficient (Wildman–Crippen LogP) is 1.10. The van der Waals surface area contributed by atoms with Gasteiger partial charge in [-0.2, -0.15) is 5.10 Å². The van der Waals surface area contributed by atoms with Gasteiger partial charge >= 0.3 is 0 Å². The third-order valence-corrected chi connectivity index (χ3v) is 1.90. The van der Waals surface area contributed by atoms with E-state index < -0.39 is 0 Å². The van der Waals surface area contributed by atoms with Crippen molar-refractivity contribution in [1.29, 1.82) is 0 Å². The van der Waals surface area contributed by atoms with Crippen molar-refractivity contribution in [3.63, 3.8) is 0 Å². The quantitative estimate of drug-likeness (QED) is 0.652. The van der Waals surface area contributed by atoms with Crippen LogP contribution in [0.5, 0.6) is 0 Å². The van der Waals surface area contributed by atoms with Gasteiger partial charge in [0.1, 0.15) is 11.3 Å². The maximum atomic E-state index is 4.37. The highest BCUT2D eigenvalue weighted by Gasteiger charge is 2.05. The molecule has 0 aliphatic heterocycles. The molecule has 0 spiro atoms. The lowest BCUT2D eigenvalue weighted by atomic mass is 10.4. The predicted molar refractivity (Wildman–Crippen MR) is 52.1 cm³/mol. The minimum atomic E-state index is 0.785. The molecule has 0 radical (unpaired) electrons. The molecule has 0 amide bonds. The molecule has 0 aromatic carbocycles. The van der Waals surface area contributed by atoms with E-state index in [4.69, 9.17) is 0 Å². The first-order chi connectivity index (χ1) is 6.18. The highest BCUT2D eigenvalue weighted by molar-refractivity contribution is 5.68. The van der Waals surface area contributed by atoms with E-state index in [9.17, 15) is 0 Å². The first-order valence-corrected chi connectivity index (χ1v) is 4.18. The van der Waals surface area contributed by atoms with Gasteiger partial charge in [-0.15, -0.1) is 0 Å². The van der Waals surface area contributed by atoms with E-state index in [1.165, 1.54) is 0 Å². The zero-order chi connectivity index (χ0) is 9.42. The molecule has 0 aliphatic rings. The topological polar surface area (TPSA) is 33.4 Å². The summed E-state index contributed by atoms with van der Waals surface area (Å²) in [4.78, 5) is 6.36.